The zero-order chi connectivity index (χ0) is 14.5. The highest BCUT2D eigenvalue weighted by molar-refractivity contribution is 5.97. The van der Waals surface area contributed by atoms with E-state index in [0.717, 1.165) is 32.5 Å². The molecule has 0 bridgehead atoms. The third-order valence-corrected chi connectivity index (χ3v) is 3.81. The minimum absolute atomic E-state index is 0.147. The van der Waals surface area contributed by atoms with Crippen LogP contribution in [0.3, 0.4) is 0 Å². The van der Waals surface area contributed by atoms with Crippen molar-refractivity contribution in [1.29, 1.82) is 0 Å². The maximum absolute atomic E-state index is 12.4. The molecule has 0 N–H and O–H groups in total. The molecule has 0 unspecified atom stereocenters. The first-order chi connectivity index (χ1) is 9.60. The standard InChI is InChI=1S/C16H24N2O2/c1-12(2)11-18-8-6-13(7-9-18)16(19)14-4-5-15(20-3)17-10-14/h4-5,10,12-13H,6-9,11H2,1-3H3. The van der Waals surface area contributed by atoms with Crippen molar-refractivity contribution in [3.05, 3.63) is 23.9 Å². The first-order valence-corrected chi connectivity index (χ1v) is 7.36. The number of carbonyl (C=O) groups excluding carboxylic acids is 1. The number of carbonyl (C=O) groups is 1. The van der Waals surface area contributed by atoms with Gasteiger partial charge in [-0.1, -0.05) is 13.8 Å². The molecular weight excluding hydrogens is 252 g/mol. The molecule has 2 rings (SSSR count). The number of likely N-dealkylation sites (tertiary alicyclic amines) is 1. The zero-order valence-electron chi connectivity index (χ0n) is 12.6. The Morgan fingerprint density at radius 1 is 1.40 bits per heavy atom. The summed E-state index contributed by atoms with van der Waals surface area (Å²) in [5, 5.41) is 0. The van der Waals surface area contributed by atoms with Crippen LogP contribution in [0.15, 0.2) is 18.3 Å². The van der Waals surface area contributed by atoms with Gasteiger partial charge in [-0.3, -0.25) is 4.79 Å². The molecule has 1 aliphatic rings. The predicted molar refractivity (Wildman–Crippen MR) is 79.1 cm³/mol. The van der Waals surface area contributed by atoms with Gasteiger partial charge in [0.05, 0.1) is 7.11 Å². The van der Waals surface area contributed by atoms with Crippen LogP contribution in [0.2, 0.25) is 0 Å². The smallest absolute Gasteiger partial charge is 0.212 e. The minimum Gasteiger partial charge on any atom is -0.481 e. The second-order valence-electron chi connectivity index (χ2n) is 5.92. The van der Waals surface area contributed by atoms with E-state index < -0.39 is 0 Å². The van der Waals surface area contributed by atoms with Crippen molar-refractivity contribution in [1.82, 2.24) is 9.88 Å². The molecule has 4 nitrogen and oxygen atoms in total. The van der Waals surface area contributed by atoms with Crippen molar-refractivity contribution in [2.24, 2.45) is 11.8 Å². The van der Waals surface area contributed by atoms with E-state index in [9.17, 15) is 4.79 Å². The van der Waals surface area contributed by atoms with Gasteiger partial charge in [0.2, 0.25) is 5.88 Å². The van der Waals surface area contributed by atoms with Gasteiger partial charge in [0.15, 0.2) is 5.78 Å². The molecule has 0 amide bonds. The average Bonchev–Trinajstić information content (AvgIpc) is 2.47. The van der Waals surface area contributed by atoms with E-state index in [2.05, 4.69) is 23.7 Å². The summed E-state index contributed by atoms with van der Waals surface area (Å²) < 4.78 is 5.02. The number of piperidine rings is 1. The van der Waals surface area contributed by atoms with Crippen molar-refractivity contribution in [3.63, 3.8) is 0 Å². The Morgan fingerprint density at radius 3 is 2.60 bits per heavy atom. The Balaban J connectivity index is 1.90. The maximum Gasteiger partial charge on any atom is 0.212 e. The summed E-state index contributed by atoms with van der Waals surface area (Å²) in [5.41, 5.74) is 0.702. The molecule has 4 heteroatoms. The number of methoxy groups -OCH3 is 1. The lowest BCUT2D eigenvalue weighted by Gasteiger charge is -2.32. The van der Waals surface area contributed by atoms with Gasteiger partial charge >= 0.3 is 0 Å². The summed E-state index contributed by atoms with van der Waals surface area (Å²) in [4.78, 5) is 19.0. The fourth-order valence-corrected chi connectivity index (χ4v) is 2.78. The zero-order valence-corrected chi connectivity index (χ0v) is 12.6. The topological polar surface area (TPSA) is 42.4 Å². The maximum atomic E-state index is 12.4. The summed E-state index contributed by atoms with van der Waals surface area (Å²) in [7, 11) is 1.58. The van der Waals surface area contributed by atoms with E-state index in [4.69, 9.17) is 4.74 Å². The Bertz CT molecular complexity index is 434. The van der Waals surface area contributed by atoms with Gasteiger partial charge in [-0.2, -0.15) is 0 Å². The van der Waals surface area contributed by atoms with Gasteiger partial charge in [0.1, 0.15) is 0 Å². The lowest BCUT2D eigenvalue weighted by atomic mass is 9.89. The van der Waals surface area contributed by atoms with Crippen molar-refractivity contribution < 1.29 is 9.53 Å². The molecule has 0 atom stereocenters. The summed E-state index contributed by atoms with van der Waals surface area (Å²) in [5.74, 6) is 1.61. The summed E-state index contributed by atoms with van der Waals surface area (Å²) in [6, 6.07) is 3.57. The van der Waals surface area contributed by atoms with Crippen LogP contribution in [-0.4, -0.2) is 42.4 Å². The minimum atomic E-state index is 0.147. The van der Waals surface area contributed by atoms with Gasteiger partial charge < -0.3 is 9.64 Å². The lowest BCUT2D eigenvalue weighted by molar-refractivity contribution is 0.0831. The number of hydrogen-bond acceptors (Lipinski definition) is 4. The van der Waals surface area contributed by atoms with Crippen LogP contribution in [0.25, 0.3) is 0 Å². The number of pyridine rings is 1. The lowest BCUT2D eigenvalue weighted by Crippen LogP contribution is -2.38. The molecule has 1 aromatic heterocycles. The quantitative estimate of drug-likeness (QED) is 0.775. The molecule has 110 valence electrons. The molecule has 1 saturated heterocycles. The number of Topliss-reactive ketones (excluding diaryl/α,β-unsaturated/α-hetero) is 1. The van der Waals surface area contributed by atoms with Crippen LogP contribution >= 0.6 is 0 Å². The summed E-state index contributed by atoms with van der Waals surface area (Å²) in [6.07, 6.45) is 3.54. The van der Waals surface area contributed by atoms with Crippen LogP contribution in [0.1, 0.15) is 37.0 Å². The largest absolute Gasteiger partial charge is 0.481 e. The first-order valence-electron chi connectivity index (χ1n) is 7.36. The predicted octanol–water partition coefficient (Wildman–Crippen LogP) is 2.64. The molecular formula is C16H24N2O2. The van der Waals surface area contributed by atoms with Gasteiger partial charge in [0, 0.05) is 30.3 Å². The van der Waals surface area contributed by atoms with Crippen molar-refractivity contribution in [2.75, 3.05) is 26.7 Å². The number of ether oxygens (including phenoxy) is 1. The van der Waals surface area contributed by atoms with Gasteiger partial charge in [0.25, 0.3) is 0 Å². The highest BCUT2D eigenvalue weighted by Gasteiger charge is 2.26. The van der Waals surface area contributed by atoms with Crippen molar-refractivity contribution in [2.45, 2.75) is 26.7 Å². The molecule has 1 aromatic rings. The average molecular weight is 276 g/mol. The third-order valence-electron chi connectivity index (χ3n) is 3.81. The Hall–Kier alpha value is -1.42. The second kappa shape index (κ2) is 6.84. The van der Waals surface area contributed by atoms with Crippen LogP contribution in [0.5, 0.6) is 5.88 Å². The molecule has 2 heterocycles. The SMILES string of the molecule is COc1ccc(C(=O)C2CCN(CC(C)C)CC2)cn1. The van der Waals surface area contributed by atoms with E-state index in [1.54, 1.807) is 19.4 Å². The van der Waals surface area contributed by atoms with Gasteiger partial charge in [-0.25, -0.2) is 4.98 Å². The molecule has 0 saturated carbocycles. The summed E-state index contributed by atoms with van der Waals surface area (Å²) >= 11 is 0. The summed E-state index contributed by atoms with van der Waals surface area (Å²) in [6.45, 7) is 7.65. The Morgan fingerprint density at radius 2 is 2.10 bits per heavy atom. The van der Waals surface area contributed by atoms with Gasteiger partial charge in [-0.05, 0) is 37.9 Å². The van der Waals surface area contributed by atoms with Crippen LogP contribution in [0, 0.1) is 11.8 Å². The fraction of sp³-hybridized carbons (Fsp3) is 0.625. The second-order valence-corrected chi connectivity index (χ2v) is 5.92. The van der Waals surface area contributed by atoms with Crippen LogP contribution < -0.4 is 4.74 Å². The molecule has 0 spiro atoms. The molecule has 0 aliphatic carbocycles. The first kappa shape index (κ1) is 15.0. The number of rotatable bonds is 5. The van der Waals surface area contributed by atoms with E-state index in [1.807, 2.05) is 6.07 Å². The fourth-order valence-electron chi connectivity index (χ4n) is 2.78. The highest BCUT2D eigenvalue weighted by atomic mass is 16.5. The Kier molecular flexibility index (Phi) is 5.12. The number of hydrogen-bond donors (Lipinski definition) is 0. The normalized spacial score (nSPS) is 17.4. The van der Waals surface area contributed by atoms with E-state index in [-0.39, 0.29) is 11.7 Å². The molecule has 0 aromatic carbocycles. The molecule has 1 fully saturated rings. The highest BCUT2D eigenvalue weighted by Crippen LogP contribution is 2.22. The molecule has 1 aliphatic heterocycles. The van der Waals surface area contributed by atoms with Crippen LogP contribution in [0.4, 0.5) is 0 Å². The Labute approximate surface area is 121 Å². The van der Waals surface area contributed by atoms with E-state index in [0.29, 0.717) is 17.4 Å². The third kappa shape index (κ3) is 3.79. The van der Waals surface area contributed by atoms with Crippen molar-refractivity contribution in [3.8, 4) is 5.88 Å². The number of aromatic nitrogens is 1. The van der Waals surface area contributed by atoms with Gasteiger partial charge in [-0.15, -0.1) is 0 Å². The van der Waals surface area contributed by atoms with Crippen LogP contribution in [-0.2, 0) is 0 Å². The number of ketones is 1. The number of nitrogens with zero attached hydrogens (tertiary/aromatic N) is 2. The molecule has 20 heavy (non-hydrogen) atoms. The molecule has 0 radical (unpaired) electrons. The van der Waals surface area contributed by atoms with E-state index in [1.165, 1.54) is 0 Å². The van der Waals surface area contributed by atoms with Crippen molar-refractivity contribution >= 4 is 5.78 Å². The van der Waals surface area contributed by atoms with E-state index >= 15 is 0 Å². The monoisotopic (exact) mass is 276 g/mol.